The highest BCUT2D eigenvalue weighted by Crippen LogP contribution is 2.28. The molecule has 0 fully saturated rings. The van der Waals surface area contributed by atoms with Gasteiger partial charge in [0, 0.05) is 0 Å². The maximum atomic E-state index is 11.8. The van der Waals surface area contributed by atoms with E-state index in [-0.39, 0.29) is 0 Å². The van der Waals surface area contributed by atoms with Gasteiger partial charge < -0.3 is 5.11 Å². The minimum atomic E-state index is -0.770. The number of carboxylic acids is 1. The fourth-order valence-electron chi connectivity index (χ4n) is 3.05. The van der Waals surface area contributed by atoms with Crippen LogP contribution in [0.25, 0.3) is 5.69 Å². The second-order valence-corrected chi connectivity index (χ2v) is 6.21. The number of carboxylic acid groups (broad SMARTS) is 1. The van der Waals surface area contributed by atoms with Crippen LogP contribution in [0.3, 0.4) is 0 Å². The van der Waals surface area contributed by atoms with Crippen LogP contribution in [0, 0.1) is 0 Å². The average molecular weight is 329 g/mol. The monoisotopic (exact) mass is 329 g/mol. The summed E-state index contributed by atoms with van der Waals surface area (Å²) in [6, 6.07) is 7.56. The molecule has 5 nitrogen and oxygen atoms in total. The average Bonchev–Trinajstić information content (AvgIpc) is 3.11. The first-order chi connectivity index (χ1) is 11.7. The summed E-state index contributed by atoms with van der Waals surface area (Å²) in [5, 5.41) is 17.5. The molecule has 0 bridgehead atoms. The molecule has 0 aliphatic carbocycles. The van der Waals surface area contributed by atoms with Gasteiger partial charge in [-0.2, -0.15) is 0 Å². The molecule has 1 atom stereocenters. The number of unbranched alkanes of at least 4 members (excludes halogenated alkanes) is 6. The van der Waals surface area contributed by atoms with E-state index in [4.69, 9.17) is 0 Å². The Morgan fingerprint density at radius 1 is 1.12 bits per heavy atom. The number of aromatic nitrogens is 3. The van der Waals surface area contributed by atoms with Gasteiger partial charge >= 0.3 is 5.97 Å². The first-order valence-electron chi connectivity index (χ1n) is 8.92. The molecule has 2 rings (SSSR count). The minimum Gasteiger partial charge on any atom is -0.481 e. The molecule has 0 saturated carbocycles. The fourth-order valence-corrected chi connectivity index (χ4v) is 3.05. The lowest BCUT2D eigenvalue weighted by Gasteiger charge is -2.16. The summed E-state index contributed by atoms with van der Waals surface area (Å²) < 4.78 is 1.63. The molecule has 0 saturated heterocycles. The molecule has 0 radical (unpaired) electrons. The van der Waals surface area contributed by atoms with E-state index in [1.807, 2.05) is 24.3 Å². The largest absolute Gasteiger partial charge is 0.481 e. The molecular formula is C19H27N3O2. The van der Waals surface area contributed by atoms with Crippen LogP contribution in [0.4, 0.5) is 0 Å². The molecule has 24 heavy (non-hydrogen) atoms. The van der Waals surface area contributed by atoms with Crippen LogP contribution < -0.4 is 0 Å². The summed E-state index contributed by atoms with van der Waals surface area (Å²) >= 11 is 0. The number of nitrogens with zero attached hydrogens (tertiary/aromatic N) is 3. The summed E-state index contributed by atoms with van der Waals surface area (Å²) in [5.41, 5.74) is 1.60. The van der Waals surface area contributed by atoms with E-state index >= 15 is 0 Å². The van der Waals surface area contributed by atoms with Crippen molar-refractivity contribution >= 4 is 5.97 Å². The SMILES string of the molecule is CCCCCCCCCC(C(=O)O)c1ccccc1-n1ccnn1. The van der Waals surface area contributed by atoms with E-state index in [0.29, 0.717) is 6.42 Å². The topological polar surface area (TPSA) is 68.0 Å². The Morgan fingerprint density at radius 2 is 1.83 bits per heavy atom. The predicted molar refractivity (Wildman–Crippen MR) is 94.3 cm³/mol. The Hall–Kier alpha value is -2.17. The number of benzene rings is 1. The third kappa shape index (κ3) is 5.18. The molecular weight excluding hydrogens is 302 g/mol. The van der Waals surface area contributed by atoms with Crippen LogP contribution >= 0.6 is 0 Å². The normalized spacial score (nSPS) is 12.2. The van der Waals surface area contributed by atoms with Crippen LogP contribution in [-0.2, 0) is 4.79 Å². The van der Waals surface area contributed by atoms with Crippen molar-refractivity contribution in [3.05, 3.63) is 42.2 Å². The van der Waals surface area contributed by atoms with Crippen molar-refractivity contribution in [1.29, 1.82) is 0 Å². The molecule has 130 valence electrons. The highest BCUT2D eigenvalue weighted by Gasteiger charge is 2.23. The summed E-state index contributed by atoms with van der Waals surface area (Å²) in [6.07, 6.45) is 12.3. The van der Waals surface area contributed by atoms with Crippen LogP contribution in [0.2, 0.25) is 0 Å². The van der Waals surface area contributed by atoms with Crippen molar-refractivity contribution in [3.8, 4) is 5.69 Å². The molecule has 1 aromatic heterocycles. The van der Waals surface area contributed by atoms with Crippen LogP contribution in [0.5, 0.6) is 0 Å². The number of carbonyl (C=O) groups is 1. The predicted octanol–water partition coefficient (Wildman–Crippen LogP) is 4.58. The number of rotatable bonds is 11. The molecule has 2 aromatic rings. The van der Waals surface area contributed by atoms with Crippen molar-refractivity contribution < 1.29 is 9.90 Å². The first-order valence-corrected chi connectivity index (χ1v) is 8.92. The minimum absolute atomic E-state index is 0.499. The van der Waals surface area contributed by atoms with Gasteiger partial charge in [0.25, 0.3) is 0 Å². The zero-order valence-corrected chi connectivity index (χ0v) is 14.4. The van der Waals surface area contributed by atoms with E-state index in [1.54, 1.807) is 17.1 Å². The van der Waals surface area contributed by atoms with Gasteiger partial charge in [-0.3, -0.25) is 4.79 Å². The highest BCUT2D eigenvalue weighted by atomic mass is 16.4. The second kappa shape index (κ2) is 9.85. The van der Waals surface area contributed by atoms with E-state index in [9.17, 15) is 9.90 Å². The Labute approximate surface area is 143 Å². The third-order valence-corrected chi connectivity index (χ3v) is 4.38. The maximum Gasteiger partial charge on any atom is 0.311 e. The van der Waals surface area contributed by atoms with E-state index in [0.717, 1.165) is 24.1 Å². The third-order valence-electron chi connectivity index (χ3n) is 4.38. The molecule has 0 aliphatic heterocycles. The quantitative estimate of drug-likeness (QED) is 0.613. The molecule has 1 heterocycles. The lowest BCUT2D eigenvalue weighted by molar-refractivity contribution is -0.139. The lowest BCUT2D eigenvalue weighted by Crippen LogP contribution is -2.14. The van der Waals surface area contributed by atoms with Gasteiger partial charge in [-0.15, -0.1) is 5.10 Å². The van der Waals surface area contributed by atoms with E-state index in [2.05, 4.69) is 17.2 Å². The summed E-state index contributed by atoms with van der Waals surface area (Å²) in [7, 11) is 0. The van der Waals surface area contributed by atoms with Crippen molar-refractivity contribution in [1.82, 2.24) is 15.0 Å². The summed E-state index contributed by atoms with van der Waals surface area (Å²) in [6.45, 7) is 2.21. The standard InChI is InChI=1S/C19H27N3O2/c1-2-3-4-5-6-7-8-12-17(19(23)24)16-11-9-10-13-18(16)22-15-14-20-21-22/h9-11,13-15,17H,2-8,12H2,1H3,(H,23,24). The Balaban J connectivity index is 1.97. The number of para-hydroxylation sites is 1. The molecule has 0 amide bonds. The van der Waals surface area contributed by atoms with E-state index < -0.39 is 11.9 Å². The van der Waals surface area contributed by atoms with Crippen molar-refractivity contribution in [2.75, 3.05) is 0 Å². The van der Waals surface area contributed by atoms with Gasteiger partial charge in [0.1, 0.15) is 0 Å². The molecule has 1 unspecified atom stereocenters. The van der Waals surface area contributed by atoms with E-state index in [1.165, 1.54) is 32.1 Å². The molecule has 0 aliphatic rings. The summed E-state index contributed by atoms with van der Waals surface area (Å²) in [5.74, 6) is -1.27. The smallest absolute Gasteiger partial charge is 0.311 e. The Bertz CT molecular complexity index is 611. The van der Waals surface area contributed by atoms with Crippen LogP contribution in [-0.4, -0.2) is 26.1 Å². The fraction of sp³-hybridized carbons (Fsp3) is 0.526. The van der Waals surface area contributed by atoms with Crippen molar-refractivity contribution in [2.45, 2.75) is 64.2 Å². The second-order valence-electron chi connectivity index (χ2n) is 6.21. The zero-order chi connectivity index (χ0) is 17.2. The van der Waals surface area contributed by atoms with Gasteiger partial charge in [-0.25, -0.2) is 4.68 Å². The maximum absolute atomic E-state index is 11.8. The Kier molecular flexibility index (Phi) is 7.46. The number of hydrogen-bond acceptors (Lipinski definition) is 3. The molecule has 5 heteroatoms. The van der Waals surface area contributed by atoms with Gasteiger partial charge in [-0.1, -0.05) is 75.3 Å². The van der Waals surface area contributed by atoms with Gasteiger partial charge in [0.2, 0.25) is 0 Å². The number of hydrogen-bond donors (Lipinski definition) is 1. The highest BCUT2D eigenvalue weighted by molar-refractivity contribution is 5.77. The number of aliphatic carboxylic acids is 1. The molecule has 0 spiro atoms. The van der Waals surface area contributed by atoms with Crippen LogP contribution in [0.1, 0.15) is 69.8 Å². The van der Waals surface area contributed by atoms with Crippen LogP contribution in [0.15, 0.2) is 36.7 Å². The van der Waals surface area contributed by atoms with Crippen molar-refractivity contribution in [3.63, 3.8) is 0 Å². The van der Waals surface area contributed by atoms with Gasteiger partial charge in [0.05, 0.1) is 24.0 Å². The first kappa shape index (κ1) is 18.2. The Morgan fingerprint density at radius 3 is 2.50 bits per heavy atom. The van der Waals surface area contributed by atoms with Crippen molar-refractivity contribution in [2.24, 2.45) is 0 Å². The summed E-state index contributed by atoms with van der Waals surface area (Å²) in [4.78, 5) is 11.8. The molecule has 1 N–H and O–H groups in total. The zero-order valence-electron chi connectivity index (χ0n) is 14.4. The molecule has 1 aromatic carbocycles. The lowest BCUT2D eigenvalue weighted by atomic mass is 9.91. The van der Waals surface area contributed by atoms with Gasteiger partial charge in [-0.05, 0) is 18.1 Å². The van der Waals surface area contributed by atoms with Gasteiger partial charge in [0.15, 0.2) is 0 Å².